The van der Waals surface area contributed by atoms with Crippen LogP contribution in [0.5, 0.6) is 0 Å². The monoisotopic (exact) mass is 457 g/mol. The van der Waals surface area contributed by atoms with E-state index in [2.05, 4.69) is 66.6 Å². The Kier molecular flexibility index (Phi) is 6.21. The zero-order chi connectivity index (χ0) is 24.4. The number of nitrogens with zero attached hydrogens (tertiary/aromatic N) is 1. The van der Waals surface area contributed by atoms with Crippen molar-refractivity contribution >= 4 is 5.71 Å². The number of hydrogen-bond donors (Lipinski definition) is 2. The summed E-state index contributed by atoms with van der Waals surface area (Å²) in [7, 11) is 0. The summed E-state index contributed by atoms with van der Waals surface area (Å²) in [6.45, 7) is 18.9. The Morgan fingerprint density at radius 2 is 1.64 bits per heavy atom. The van der Waals surface area contributed by atoms with Crippen molar-refractivity contribution in [2.24, 2.45) is 50.5 Å². The molecular formula is C30H51NO2. The average molecular weight is 458 g/mol. The number of hydrogen-bond acceptors (Lipinski definition) is 3. The number of oxime groups is 1. The third kappa shape index (κ3) is 3.57. The van der Waals surface area contributed by atoms with Gasteiger partial charge in [-0.2, -0.15) is 0 Å². The van der Waals surface area contributed by atoms with Crippen LogP contribution in [0.1, 0.15) is 120 Å². The highest BCUT2D eigenvalue weighted by molar-refractivity contribution is 5.90. The van der Waals surface area contributed by atoms with Crippen molar-refractivity contribution in [2.75, 3.05) is 0 Å². The quantitative estimate of drug-likeness (QED) is 0.255. The van der Waals surface area contributed by atoms with Crippen molar-refractivity contribution in [3.63, 3.8) is 0 Å². The lowest BCUT2D eigenvalue weighted by molar-refractivity contribution is -0.195. The maximum atomic E-state index is 11.7. The first-order valence-corrected chi connectivity index (χ1v) is 13.8. The Labute approximate surface area is 203 Å². The molecule has 4 aliphatic carbocycles. The van der Waals surface area contributed by atoms with Gasteiger partial charge in [0.1, 0.15) is 0 Å². The van der Waals surface area contributed by atoms with Crippen molar-refractivity contribution in [1.29, 1.82) is 0 Å². The lowest BCUT2D eigenvalue weighted by Gasteiger charge is -2.69. The van der Waals surface area contributed by atoms with Crippen LogP contribution in [-0.2, 0) is 0 Å². The highest BCUT2D eigenvalue weighted by Gasteiger charge is 2.69. The average Bonchev–Trinajstić information content (AvgIpc) is 3.06. The first-order valence-electron chi connectivity index (χ1n) is 13.8. The normalized spacial score (nSPS) is 47.2. The van der Waals surface area contributed by atoms with E-state index in [1.165, 1.54) is 44.1 Å². The van der Waals surface area contributed by atoms with Crippen LogP contribution in [0.25, 0.3) is 0 Å². The summed E-state index contributed by atoms with van der Waals surface area (Å²) in [5.74, 6) is 2.37. The van der Waals surface area contributed by atoms with Crippen molar-refractivity contribution in [3.8, 4) is 0 Å². The molecule has 3 nitrogen and oxygen atoms in total. The van der Waals surface area contributed by atoms with Crippen molar-refractivity contribution in [3.05, 3.63) is 11.6 Å². The van der Waals surface area contributed by atoms with E-state index in [1.807, 2.05) is 0 Å². The fourth-order valence-electron chi connectivity index (χ4n) is 10.3. The molecule has 0 spiro atoms. The molecule has 0 aromatic carbocycles. The van der Waals surface area contributed by atoms with Gasteiger partial charge in [0.25, 0.3) is 0 Å². The van der Waals surface area contributed by atoms with Crippen LogP contribution in [0.15, 0.2) is 16.8 Å². The Morgan fingerprint density at radius 3 is 2.27 bits per heavy atom. The molecule has 2 N–H and O–H groups in total. The summed E-state index contributed by atoms with van der Waals surface area (Å²) < 4.78 is 0. The van der Waals surface area contributed by atoms with E-state index >= 15 is 0 Å². The fourth-order valence-corrected chi connectivity index (χ4v) is 10.3. The Morgan fingerprint density at radius 1 is 0.970 bits per heavy atom. The Bertz CT molecular complexity index is 821. The van der Waals surface area contributed by atoms with Crippen molar-refractivity contribution in [1.82, 2.24) is 0 Å². The maximum absolute atomic E-state index is 11.7. The summed E-state index contributed by atoms with van der Waals surface area (Å²) in [5, 5.41) is 25.1. The molecule has 0 unspecified atom stereocenters. The van der Waals surface area contributed by atoms with Crippen molar-refractivity contribution in [2.45, 2.75) is 125 Å². The minimum Gasteiger partial charge on any atom is -0.411 e. The van der Waals surface area contributed by atoms with Gasteiger partial charge in [-0.3, -0.25) is 0 Å². The molecule has 4 saturated carbocycles. The molecule has 0 saturated heterocycles. The summed E-state index contributed by atoms with van der Waals surface area (Å²) >= 11 is 0. The summed E-state index contributed by atoms with van der Waals surface area (Å²) in [4.78, 5) is 0. The SMILES string of the molecule is CC(C)=CCC[C@](C)(O)[C@H]1CC[C@]2(C)[C@@H]1CC[C@@H]1[C@@]3(C)CC/C(=N/O)C(C)(C)[C@@H]3CC[C@]12C. The summed E-state index contributed by atoms with van der Waals surface area (Å²) in [5.41, 5.74) is 2.72. The first kappa shape index (κ1) is 25.3. The van der Waals surface area contributed by atoms with Crippen LogP contribution in [0.3, 0.4) is 0 Å². The third-order valence-corrected chi connectivity index (χ3v) is 12.3. The second-order valence-corrected chi connectivity index (χ2v) is 14.3. The van der Waals surface area contributed by atoms with E-state index in [1.54, 1.807) is 0 Å². The summed E-state index contributed by atoms with van der Waals surface area (Å²) in [6.07, 6.45) is 13.8. The van der Waals surface area contributed by atoms with Gasteiger partial charge in [0.2, 0.25) is 0 Å². The molecule has 0 aliphatic heterocycles. The number of allylic oxidation sites excluding steroid dienone is 2. The van der Waals surface area contributed by atoms with E-state index in [0.29, 0.717) is 34.0 Å². The minimum atomic E-state index is -0.571. The van der Waals surface area contributed by atoms with Crippen LogP contribution in [0.2, 0.25) is 0 Å². The topological polar surface area (TPSA) is 52.8 Å². The predicted octanol–water partition coefficient (Wildman–Crippen LogP) is 8.00. The van der Waals surface area contributed by atoms with Gasteiger partial charge in [-0.1, -0.05) is 51.4 Å². The molecule has 3 heteroatoms. The zero-order valence-electron chi connectivity index (χ0n) is 22.8. The van der Waals surface area contributed by atoms with E-state index in [4.69, 9.17) is 0 Å². The lowest BCUT2D eigenvalue weighted by atomic mass is 9.35. The molecule has 4 fully saturated rings. The van der Waals surface area contributed by atoms with Gasteiger partial charge >= 0.3 is 0 Å². The molecule has 8 atom stereocenters. The molecule has 0 radical (unpaired) electrons. The number of rotatable bonds is 4. The van der Waals surface area contributed by atoms with Crippen molar-refractivity contribution < 1.29 is 10.3 Å². The molecule has 4 rings (SSSR count). The van der Waals surface area contributed by atoms with Gasteiger partial charge in [-0.05, 0) is 125 Å². The number of aliphatic hydroxyl groups is 1. The zero-order valence-corrected chi connectivity index (χ0v) is 22.8. The fraction of sp³-hybridized carbons (Fsp3) is 0.900. The molecule has 0 amide bonds. The van der Waals surface area contributed by atoms with Crippen LogP contribution >= 0.6 is 0 Å². The van der Waals surface area contributed by atoms with E-state index < -0.39 is 5.60 Å². The molecule has 33 heavy (non-hydrogen) atoms. The van der Waals surface area contributed by atoms with Crippen LogP contribution < -0.4 is 0 Å². The second kappa shape index (κ2) is 8.10. The molecule has 0 heterocycles. The van der Waals surface area contributed by atoms with Crippen LogP contribution in [0, 0.1) is 45.3 Å². The maximum Gasteiger partial charge on any atom is 0.0653 e. The standard InChI is InChI=1S/C30H51NO2/c1-20(2)10-9-16-30(8,32)22-13-18-28(6)21(22)11-12-24-27(5)17-15-25(31-33)26(3,4)23(27)14-19-29(24,28)7/h10,21-24,32-33H,9,11-19H2,1-8H3/b31-25-/t21-,22+,23+,24-,27+,28-,29-,30+/m1/s1. The third-order valence-electron chi connectivity index (χ3n) is 12.3. The van der Waals surface area contributed by atoms with E-state index in [-0.39, 0.29) is 5.41 Å². The second-order valence-electron chi connectivity index (χ2n) is 14.3. The molecular weight excluding hydrogens is 406 g/mol. The number of fused-ring (bicyclic) bond motifs is 5. The highest BCUT2D eigenvalue weighted by Crippen LogP contribution is 2.75. The molecule has 4 aliphatic rings. The summed E-state index contributed by atoms with van der Waals surface area (Å²) in [6, 6.07) is 0. The Hall–Kier alpha value is -0.830. The minimum absolute atomic E-state index is 0.0202. The van der Waals surface area contributed by atoms with Gasteiger partial charge < -0.3 is 10.3 Å². The van der Waals surface area contributed by atoms with Crippen LogP contribution in [-0.4, -0.2) is 21.6 Å². The van der Waals surface area contributed by atoms with Gasteiger partial charge in [-0.15, -0.1) is 0 Å². The molecule has 0 bridgehead atoms. The largest absolute Gasteiger partial charge is 0.411 e. The van der Waals surface area contributed by atoms with Gasteiger partial charge in [0.15, 0.2) is 0 Å². The van der Waals surface area contributed by atoms with E-state index in [9.17, 15) is 10.3 Å². The lowest BCUT2D eigenvalue weighted by Crippen LogP contribution is -2.63. The highest BCUT2D eigenvalue weighted by atomic mass is 16.4. The smallest absolute Gasteiger partial charge is 0.0653 e. The first-order chi connectivity index (χ1) is 15.2. The van der Waals surface area contributed by atoms with Gasteiger partial charge in [0.05, 0.1) is 11.3 Å². The van der Waals surface area contributed by atoms with Crippen LogP contribution in [0.4, 0.5) is 0 Å². The molecule has 0 aromatic heterocycles. The Balaban J connectivity index is 1.62. The molecule has 0 aromatic rings. The van der Waals surface area contributed by atoms with Gasteiger partial charge in [0, 0.05) is 5.41 Å². The van der Waals surface area contributed by atoms with E-state index in [0.717, 1.165) is 37.3 Å². The molecule has 188 valence electrons. The predicted molar refractivity (Wildman–Crippen MR) is 138 cm³/mol. The van der Waals surface area contributed by atoms with Gasteiger partial charge in [-0.25, -0.2) is 0 Å².